The fraction of sp³-hybridized carbons (Fsp3) is 0.176. The lowest BCUT2D eigenvalue weighted by Crippen LogP contribution is -2.28. The topological polar surface area (TPSA) is 75.6 Å². The van der Waals surface area contributed by atoms with Crippen LogP contribution >= 0.6 is 0 Å². The van der Waals surface area contributed by atoms with E-state index < -0.39 is 5.97 Å². The third-order valence-corrected chi connectivity index (χ3v) is 3.12. The fourth-order valence-corrected chi connectivity index (χ4v) is 2.00. The van der Waals surface area contributed by atoms with Crippen molar-refractivity contribution in [1.29, 1.82) is 0 Å². The number of ether oxygens (including phenoxy) is 1. The third-order valence-electron chi connectivity index (χ3n) is 3.12. The molecule has 1 amide bonds. The first-order chi connectivity index (χ1) is 10.6. The van der Waals surface area contributed by atoms with Gasteiger partial charge in [-0.1, -0.05) is 42.5 Å². The Morgan fingerprint density at radius 2 is 1.82 bits per heavy atom. The molecule has 114 valence electrons. The van der Waals surface area contributed by atoms with E-state index >= 15 is 0 Å². The molecule has 0 saturated heterocycles. The zero-order chi connectivity index (χ0) is 15.9. The van der Waals surface area contributed by atoms with Crippen LogP contribution in [0.1, 0.15) is 21.5 Å². The maximum absolute atomic E-state index is 11.8. The number of carboxylic acids is 1. The number of aryl methyl sites for hydroxylation is 1. The molecular formula is C17H17NO4. The molecular weight excluding hydrogens is 282 g/mol. The van der Waals surface area contributed by atoms with Gasteiger partial charge in [0.1, 0.15) is 11.3 Å². The van der Waals surface area contributed by atoms with Gasteiger partial charge in [0.05, 0.1) is 0 Å². The summed E-state index contributed by atoms with van der Waals surface area (Å²) in [6, 6.07) is 14.3. The first-order valence-electron chi connectivity index (χ1n) is 6.84. The minimum absolute atomic E-state index is 0.0517. The molecule has 0 unspecified atom stereocenters. The molecule has 0 atom stereocenters. The molecule has 0 aliphatic rings. The molecule has 22 heavy (non-hydrogen) atoms. The van der Waals surface area contributed by atoms with Crippen molar-refractivity contribution in [2.45, 2.75) is 13.5 Å². The smallest absolute Gasteiger partial charge is 0.339 e. The normalized spacial score (nSPS) is 10.0. The maximum Gasteiger partial charge on any atom is 0.339 e. The molecule has 2 aromatic carbocycles. The van der Waals surface area contributed by atoms with Crippen molar-refractivity contribution >= 4 is 11.9 Å². The van der Waals surface area contributed by atoms with E-state index in [1.165, 1.54) is 6.07 Å². The lowest BCUT2D eigenvalue weighted by Gasteiger charge is -2.12. The van der Waals surface area contributed by atoms with E-state index in [2.05, 4.69) is 5.32 Å². The number of aromatic carboxylic acids is 1. The summed E-state index contributed by atoms with van der Waals surface area (Å²) in [7, 11) is 0. The van der Waals surface area contributed by atoms with E-state index in [0.717, 1.165) is 5.56 Å². The van der Waals surface area contributed by atoms with E-state index in [4.69, 9.17) is 9.84 Å². The van der Waals surface area contributed by atoms with Gasteiger partial charge in [-0.15, -0.1) is 0 Å². The predicted octanol–water partition coefficient (Wildman–Crippen LogP) is 2.39. The van der Waals surface area contributed by atoms with Gasteiger partial charge in [-0.25, -0.2) is 4.79 Å². The molecule has 0 bridgehead atoms. The van der Waals surface area contributed by atoms with Crippen LogP contribution in [0, 0.1) is 6.92 Å². The Hall–Kier alpha value is -2.82. The van der Waals surface area contributed by atoms with Gasteiger partial charge in [0.25, 0.3) is 5.91 Å². The van der Waals surface area contributed by atoms with Crippen molar-refractivity contribution in [1.82, 2.24) is 5.32 Å². The molecule has 5 heteroatoms. The Kier molecular flexibility index (Phi) is 5.14. The summed E-state index contributed by atoms with van der Waals surface area (Å²) in [5, 5.41) is 11.9. The summed E-state index contributed by atoms with van der Waals surface area (Å²) in [4.78, 5) is 22.9. The molecule has 0 heterocycles. The first-order valence-corrected chi connectivity index (χ1v) is 6.84. The van der Waals surface area contributed by atoms with Gasteiger partial charge in [-0.2, -0.15) is 0 Å². The molecule has 0 saturated carbocycles. The number of amides is 1. The molecule has 0 fully saturated rings. The second-order valence-corrected chi connectivity index (χ2v) is 4.81. The number of carboxylic acid groups (broad SMARTS) is 1. The van der Waals surface area contributed by atoms with Crippen molar-refractivity contribution in [3.05, 3.63) is 65.2 Å². The van der Waals surface area contributed by atoms with E-state index in [9.17, 15) is 9.59 Å². The van der Waals surface area contributed by atoms with E-state index in [1.54, 1.807) is 19.1 Å². The van der Waals surface area contributed by atoms with Crippen molar-refractivity contribution in [2.75, 3.05) is 6.61 Å². The SMILES string of the molecule is Cc1cccc(C(=O)O)c1OCC(=O)NCc1ccccc1. The van der Waals surface area contributed by atoms with Gasteiger partial charge >= 0.3 is 5.97 Å². The standard InChI is InChI=1S/C17H17NO4/c1-12-6-5-9-14(17(20)21)16(12)22-11-15(19)18-10-13-7-3-2-4-8-13/h2-9H,10-11H2,1H3,(H,18,19)(H,20,21). The second-order valence-electron chi connectivity index (χ2n) is 4.81. The van der Waals surface area contributed by atoms with Gasteiger partial charge in [0.15, 0.2) is 6.61 Å². The van der Waals surface area contributed by atoms with E-state index in [1.807, 2.05) is 30.3 Å². The van der Waals surface area contributed by atoms with Crippen LogP contribution in [0.5, 0.6) is 5.75 Å². The van der Waals surface area contributed by atoms with Gasteiger partial charge < -0.3 is 15.2 Å². The monoisotopic (exact) mass is 299 g/mol. The molecule has 0 radical (unpaired) electrons. The number of hydrogen-bond acceptors (Lipinski definition) is 3. The molecule has 0 aliphatic carbocycles. The molecule has 0 aliphatic heterocycles. The molecule has 2 N–H and O–H groups in total. The van der Waals surface area contributed by atoms with Crippen LogP contribution < -0.4 is 10.1 Å². The van der Waals surface area contributed by atoms with Crippen molar-refractivity contribution < 1.29 is 19.4 Å². The maximum atomic E-state index is 11.8. The van der Waals surface area contributed by atoms with Gasteiger partial charge in [-0.3, -0.25) is 4.79 Å². The average Bonchev–Trinajstić information content (AvgIpc) is 2.52. The summed E-state index contributed by atoms with van der Waals surface area (Å²) in [5.74, 6) is -1.16. The quantitative estimate of drug-likeness (QED) is 0.858. The summed E-state index contributed by atoms with van der Waals surface area (Å²) >= 11 is 0. The highest BCUT2D eigenvalue weighted by Gasteiger charge is 2.14. The summed E-state index contributed by atoms with van der Waals surface area (Å²) in [6.07, 6.45) is 0. The summed E-state index contributed by atoms with van der Waals surface area (Å²) in [5.41, 5.74) is 1.71. The number of hydrogen-bond donors (Lipinski definition) is 2. The Morgan fingerprint density at radius 3 is 2.50 bits per heavy atom. The highest BCUT2D eigenvalue weighted by Crippen LogP contribution is 2.23. The molecule has 0 aromatic heterocycles. The number of carbonyl (C=O) groups is 2. The number of benzene rings is 2. The molecule has 2 rings (SSSR count). The van der Waals surface area contributed by atoms with Crippen LogP contribution in [-0.4, -0.2) is 23.6 Å². The second kappa shape index (κ2) is 7.26. The number of nitrogens with one attached hydrogen (secondary N) is 1. The lowest BCUT2D eigenvalue weighted by molar-refractivity contribution is -0.123. The third kappa shape index (κ3) is 4.09. The summed E-state index contributed by atoms with van der Waals surface area (Å²) < 4.78 is 5.39. The Labute approximate surface area is 128 Å². The lowest BCUT2D eigenvalue weighted by atomic mass is 10.1. The largest absolute Gasteiger partial charge is 0.483 e. The van der Waals surface area contributed by atoms with E-state index in [0.29, 0.717) is 12.1 Å². The fourth-order valence-electron chi connectivity index (χ4n) is 2.00. The minimum atomic E-state index is -1.08. The van der Waals surface area contributed by atoms with Gasteiger partial charge in [0.2, 0.25) is 0 Å². The minimum Gasteiger partial charge on any atom is -0.483 e. The highest BCUT2D eigenvalue weighted by atomic mass is 16.5. The Morgan fingerprint density at radius 1 is 1.09 bits per heavy atom. The number of rotatable bonds is 6. The van der Waals surface area contributed by atoms with Crippen LogP contribution in [0.25, 0.3) is 0 Å². The number of carbonyl (C=O) groups excluding carboxylic acids is 1. The van der Waals surface area contributed by atoms with Crippen LogP contribution in [-0.2, 0) is 11.3 Å². The Balaban J connectivity index is 1.93. The number of para-hydroxylation sites is 1. The Bertz CT molecular complexity index is 668. The summed E-state index contributed by atoms with van der Waals surface area (Å²) in [6.45, 7) is 1.92. The van der Waals surface area contributed by atoms with Gasteiger partial charge in [-0.05, 0) is 24.1 Å². The molecule has 0 spiro atoms. The van der Waals surface area contributed by atoms with E-state index in [-0.39, 0.29) is 23.8 Å². The van der Waals surface area contributed by atoms with Gasteiger partial charge in [0, 0.05) is 6.54 Å². The first kappa shape index (κ1) is 15.6. The zero-order valence-electron chi connectivity index (χ0n) is 12.2. The molecule has 2 aromatic rings. The van der Waals surface area contributed by atoms with Crippen molar-refractivity contribution in [3.63, 3.8) is 0 Å². The average molecular weight is 299 g/mol. The van der Waals surface area contributed by atoms with Crippen LogP contribution in [0.15, 0.2) is 48.5 Å². The highest BCUT2D eigenvalue weighted by molar-refractivity contribution is 5.91. The molecule has 5 nitrogen and oxygen atoms in total. The predicted molar refractivity (Wildman–Crippen MR) is 81.9 cm³/mol. The van der Waals surface area contributed by atoms with Crippen LogP contribution in [0.2, 0.25) is 0 Å². The van der Waals surface area contributed by atoms with Crippen molar-refractivity contribution in [2.24, 2.45) is 0 Å². The van der Waals surface area contributed by atoms with Crippen molar-refractivity contribution in [3.8, 4) is 5.75 Å². The van der Waals surface area contributed by atoms with Crippen LogP contribution in [0.4, 0.5) is 0 Å². The zero-order valence-corrected chi connectivity index (χ0v) is 12.2. The van der Waals surface area contributed by atoms with Crippen LogP contribution in [0.3, 0.4) is 0 Å².